The van der Waals surface area contributed by atoms with Crippen LogP contribution in [0, 0.1) is 22.7 Å². The highest BCUT2D eigenvalue weighted by Crippen LogP contribution is 2.30. The van der Waals surface area contributed by atoms with Crippen molar-refractivity contribution in [1.29, 1.82) is 10.5 Å². The molecule has 0 radical (unpaired) electrons. The van der Waals surface area contributed by atoms with Crippen molar-refractivity contribution < 1.29 is 4.74 Å². The molecule has 0 spiro atoms. The second-order valence-electron chi connectivity index (χ2n) is 7.06. The van der Waals surface area contributed by atoms with Crippen LogP contribution in [0.4, 0.5) is 5.95 Å². The Morgan fingerprint density at radius 3 is 1.75 bits per heavy atom. The minimum absolute atomic E-state index is 0.0584. The zero-order valence-electron chi connectivity index (χ0n) is 17.3. The molecule has 4 heterocycles. The molecule has 0 amide bonds. The molecule has 3 aromatic rings. The van der Waals surface area contributed by atoms with Crippen molar-refractivity contribution in [2.45, 2.75) is 46.4 Å². The van der Waals surface area contributed by atoms with Crippen LogP contribution < -0.4 is 4.90 Å². The van der Waals surface area contributed by atoms with Gasteiger partial charge in [0.05, 0.1) is 23.3 Å². The Balaban J connectivity index is 1.65. The third-order valence-corrected chi connectivity index (χ3v) is 6.04. The number of nitriles is 2. The van der Waals surface area contributed by atoms with Gasteiger partial charge in [-0.2, -0.15) is 25.5 Å². The van der Waals surface area contributed by atoms with Gasteiger partial charge in [-0.05, 0) is 61.6 Å². The molecule has 9 nitrogen and oxygen atoms in total. The fraction of sp³-hybridized carbons (Fsp3) is 0.286. The van der Waals surface area contributed by atoms with E-state index in [2.05, 4.69) is 42.0 Å². The van der Waals surface area contributed by atoms with Crippen LogP contribution >= 0.6 is 23.5 Å². The average molecular weight is 463 g/mol. The van der Waals surface area contributed by atoms with E-state index in [-0.39, 0.29) is 12.2 Å². The molecule has 1 fully saturated rings. The van der Waals surface area contributed by atoms with Gasteiger partial charge in [0.2, 0.25) is 5.95 Å². The third-order valence-electron chi connectivity index (χ3n) is 4.41. The summed E-state index contributed by atoms with van der Waals surface area (Å²) in [6, 6.07) is 11.1. The Kier molecular flexibility index (Phi) is 6.81. The molecule has 0 bridgehead atoms. The van der Waals surface area contributed by atoms with E-state index in [0.29, 0.717) is 50.5 Å². The number of aromatic nitrogens is 5. The van der Waals surface area contributed by atoms with Crippen LogP contribution in [0.5, 0.6) is 0 Å². The maximum absolute atomic E-state index is 8.98. The largest absolute Gasteiger partial charge is 0.372 e. The lowest BCUT2D eigenvalue weighted by Crippen LogP contribution is -2.46. The van der Waals surface area contributed by atoms with Crippen molar-refractivity contribution in [2.75, 3.05) is 18.0 Å². The summed E-state index contributed by atoms with van der Waals surface area (Å²) in [5, 5.41) is 20.3. The minimum Gasteiger partial charge on any atom is -0.372 e. The summed E-state index contributed by atoms with van der Waals surface area (Å²) in [5.74, 6) is 0.564. The standard InChI is InChI=1S/C21H18N8OS2/c1-13-11-29(12-14(2)30-13)19-26-20(31-17-5-3-15(7-22)9-24-17)28-21(27-19)32-18-6-4-16(8-23)10-25-18/h3-6,9-10,13-14H,11-12H2,1-2H3. The normalized spacial score (nSPS) is 18.1. The topological polar surface area (TPSA) is 125 Å². The average Bonchev–Trinajstić information content (AvgIpc) is 2.79. The highest BCUT2D eigenvalue weighted by Gasteiger charge is 2.25. The number of ether oxygens (including phenoxy) is 1. The first-order valence-electron chi connectivity index (χ1n) is 9.77. The van der Waals surface area contributed by atoms with Gasteiger partial charge >= 0.3 is 0 Å². The summed E-state index contributed by atoms with van der Waals surface area (Å²) in [5.41, 5.74) is 0.982. The van der Waals surface area contributed by atoms with Crippen LogP contribution in [0.2, 0.25) is 0 Å². The third kappa shape index (κ3) is 5.51. The van der Waals surface area contributed by atoms with E-state index in [9.17, 15) is 0 Å². The van der Waals surface area contributed by atoms with Crippen LogP contribution in [0.1, 0.15) is 25.0 Å². The number of rotatable bonds is 5. The number of hydrogen-bond acceptors (Lipinski definition) is 11. The maximum atomic E-state index is 8.98. The van der Waals surface area contributed by atoms with Gasteiger partial charge in [-0.15, -0.1) is 0 Å². The summed E-state index contributed by atoms with van der Waals surface area (Å²) in [6.45, 7) is 5.40. The van der Waals surface area contributed by atoms with Gasteiger partial charge in [0.1, 0.15) is 22.2 Å². The molecule has 3 aromatic heterocycles. The number of morpholine rings is 1. The van der Waals surface area contributed by atoms with E-state index >= 15 is 0 Å². The Labute approximate surface area is 193 Å². The molecular formula is C21H18N8OS2. The predicted molar refractivity (Wildman–Crippen MR) is 118 cm³/mol. The molecule has 2 atom stereocenters. The van der Waals surface area contributed by atoms with E-state index in [1.807, 2.05) is 13.8 Å². The van der Waals surface area contributed by atoms with Crippen LogP contribution in [-0.4, -0.2) is 50.2 Å². The van der Waals surface area contributed by atoms with Crippen molar-refractivity contribution in [2.24, 2.45) is 0 Å². The lowest BCUT2D eigenvalue weighted by Gasteiger charge is -2.35. The summed E-state index contributed by atoms with van der Waals surface area (Å²) < 4.78 is 5.84. The summed E-state index contributed by atoms with van der Waals surface area (Å²) in [4.78, 5) is 24.6. The molecule has 4 rings (SSSR count). The highest BCUT2D eigenvalue weighted by atomic mass is 32.2. The molecule has 11 heteroatoms. The second-order valence-corrected chi connectivity index (χ2v) is 9.04. The molecule has 1 aliphatic heterocycles. The van der Waals surface area contributed by atoms with E-state index in [1.165, 1.54) is 35.9 Å². The Hall–Kier alpha value is -3.25. The zero-order chi connectivity index (χ0) is 22.5. The quantitative estimate of drug-likeness (QED) is 0.554. The molecule has 2 unspecified atom stereocenters. The van der Waals surface area contributed by atoms with Crippen molar-refractivity contribution in [1.82, 2.24) is 24.9 Å². The lowest BCUT2D eigenvalue weighted by molar-refractivity contribution is -0.00581. The van der Waals surface area contributed by atoms with Crippen LogP contribution in [0.15, 0.2) is 57.0 Å². The van der Waals surface area contributed by atoms with E-state index in [4.69, 9.17) is 15.3 Å². The summed E-state index contributed by atoms with van der Waals surface area (Å²) in [7, 11) is 0. The number of nitrogens with zero attached hydrogens (tertiary/aromatic N) is 8. The Bertz CT molecular complexity index is 1090. The monoisotopic (exact) mass is 462 g/mol. The zero-order valence-corrected chi connectivity index (χ0v) is 19.0. The Morgan fingerprint density at radius 1 is 0.844 bits per heavy atom. The van der Waals surface area contributed by atoms with Crippen molar-refractivity contribution in [3.05, 3.63) is 47.8 Å². The Morgan fingerprint density at radius 2 is 1.34 bits per heavy atom. The lowest BCUT2D eigenvalue weighted by atomic mass is 10.2. The minimum atomic E-state index is 0.0584. The van der Waals surface area contributed by atoms with Gasteiger partial charge in [0.25, 0.3) is 0 Å². The maximum Gasteiger partial charge on any atom is 0.230 e. The van der Waals surface area contributed by atoms with Gasteiger partial charge in [-0.1, -0.05) is 0 Å². The van der Waals surface area contributed by atoms with Crippen molar-refractivity contribution >= 4 is 29.5 Å². The molecular weight excluding hydrogens is 444 g/mol. The predicted octanol–water partition coefficient (Wildman–Crippen LogP) is 3.32. The highest BCUT2D eigenvalue weighted by molar-refractivity contribution is 7.99. The molecule has 1 aliphatic rings. The number of hydrogen-bond donors (Lipinski definition) is 0. The molecule has 0 N–H and O–H groups in total. The van der Waals surface area contributed by atoms with Crippen LogP contribution in [0.3, 0.4) is 0 Å². The van der Waals surface area contributed by atoms with E-state index in [0.717, 1.165) is 0 Å². The summed E-state index contributed by atoms with van der Waals surface area (Å²) >= 11 is 2.60. The summed E-state index contributed by atoms with van der Waals surface area (Å²) in [6.07, 6.45) is 3.16. The number of anilines is 1. The van der Waals surface area contributed by atoms with Gasteiger partial charge < -0.3 is 9.64 Å². The van der Waals surface area contributed by atoms with Crippen molar-refractivity contribution in [3.63, 3.8) is 0 Å². The first kappa shape index (κ1) is 22.0. The smallest absolute Gasteiger partial charge is 0.230 e. The van der Waals surface area contributed by atoms with Gasteiger partial charge in [0, 0.05) is 25.5 Å². The molecule has 160 valence electrons. The van der Waals surface area contributed by atoms with Gasteiger partial charge in [-0.3, -0.25) is 0 Å². The first-order valence-corrected chi connectivity index (χ1v) is 11.4. The SMILES string of the molecule is CC1CN(c2nc(Sc3ccc(C#N)cn3)nc(Sc3ccc(C#N)cn3)n2)CC(C)O1. The fourth-order valence-electron chi connectivity index (χ4n) is 3.10. The molecule has 1 saturated heterocycles. The molecule has 32 heavy (non-hydrogen) atoms. The van der Waals surface area contributed by atoms with Gasteiger partial charge in [-0.25, -0.2) is 9.97 Å². The van der Waals surface area contributed by atoms with Crippen LogP contribution in [-0.2, 0) is 4.74 Å². The van der Waals surface area contributed by atoms with Crippen molar-refractivity contribution in [3.8, 4) is 12.1 Å². The molecule has 0 saturated carbocycles. The molecule has 0 aromatic carbocycles. The molecule has 0 aliphatic carbocycles. The number of pyridine rings is 2. The first-order chi connectivity index (χ1) is 15.5. The van der Waals surface area contributed by atoms with E-state index in [1.54, 1.807) is 24.3 Å². The fourth-order valence-corrected chi connectivity index (χ4v) is 4.54. The second kappa shape index (κ2) is 9.92. The van der Waals surface area contributed by atoms with Gasteiger partial charge in [0.15, 0.2) is 10.3 Å². The van der Waals surface area contributed by atoms with E-state index < -0.39 is 0 Å². The van der Waals surface area contributed by atoms with Crippen LogP contribution in [0.25, 0.3) is 0 Å².